The van der Waals surface area contributed by atoms with Crippen LogP contribution in [0.1, 0.15) is 44.9 Å². The van der Waals surface area contributed by atoms with Crippen molar-refractivity contribution in [3.8, 4) is 0 Å². The summed E-state index contributed by atoms with van der Waals surface area (Å²) in [5.74, 6) is 0. The van der Waals surface area contributed by atoms with Crippen molar-refractivity contribution in [1.29, 1.82) is 0 Å². The van der Waals surface area contributed by atoms with Gasteiger partial charge in [-0.25, -0.2) is 0 Å². The number of carbonyl (C=O) groups is 1. The highest BCUT2D eigenvalue weighted by Crippen LogP contribution is 2.09. The molecule has 74 valence electrons. The van der Waals surface area contributed by atoms with Crippen molar-refractivity contribution >= 4 is 6.29 Å². The Hall–Kier alpha value is -0.850. The average molecular weight is 180 g/mol. The molecule has 0 aromatic carbocycles. The highest BCUT2D eigenvalue weighted by Gasteiger charge is 1.92. The van der Waals surface area contributed by atoms with Crippen molar-refractivity contribution in [1.82, 2.24) is 0 Å². The lowest BCUT2D eigenvalue weighted by atomic mass is 10.1. The Bertz CT molecular complexity index is 159. The van der Waals surface area contributed by atoms with Crippen LogP contribution in [0.15, 0.2) is 24.8 Å². The lowest BCUT2D eigenvalue weighted by Crippen LogP contribution is -1.84. The van der Waals surface area contributed by atoms with E-state index in [1.54, 1.807) is 0 Å². The van der Waals surface area contributed by atoms with E-state index in [1.807, 2.05) is 6.08 Å². The number of allylic oxidation sites excluding steroid dienone is 2. The molecule has 0 aromatic heterocycles. The average Bonchev–Trinajstić information content (AvgIpc) is 2.16. The fraction of sp³-hybridized carbons (Fsp3) is 0.583. The first-order chi connectivity index (χ1) is 6.31. The first-order valence-electron chi connectivity index (χ1n) is 5.05. The van der Waals surface area contributed by atoms with Gasteiger partial charge in [0.25, 0.3) is 0 Å². The largest absolute Gasteiger partial charge is 0.298 e. The summed E-state index contributed by atoms with van der Waals surface area (Å²) in [4.78, 5) is 10.2. The van der Waals surface area contributed by atoms with E-state index in [-0.39, 0.29) is 0 Å². The van der Waals surface area contributed by atoms with Crippen molar-refractivity contribution in [2.75, 3.05) is 0 Å². The Morgan fingerprint density at radius 3 is 2.31 bits per heavy atom. The fourth-order valence-corrected chi connectivity index (χ4v) is 1.23. The van der Waals surface area contributed by atoms with E-state index in [1.165, 1.54) is 25.7 Å². The molecule has 0 saturated carbocycles. The molecule has 0 heterocycles. The summed E-state index contributed by atoms with van der Waals surface area (Å²) >= 11 is 0. The Labute approximate surface area is 81.5 Å². The molecule has 0 aliphatic rings. The molecule has 0 amide bonds. The van der Waals surface area contributed by atoms with Gasteiger partial charge in [0.15, 0.2) is 0 Å². The summed E-state index contributed by atoms with van der Waals surface area (Å²) < 4.78 is 0. The standard InChI is InChI=1S/C12H20O/c1-3-4-5-6-7-8-9-10-12(2)11-13/h3,11H,1-2,4-10H2. The molecule has 0 aliphatic heterocycles. The van der Waals surface area contributed by atoms with Crippen LogP contribution in [0, 0.1) is 0 Å². The zero-order valence-corrected chi connectivity index (χ0v) is 8.43. The maximum absolute atomic E-state index is 10.2. The van der Waals surface area contributed by atoms with Gasteiger partial charge in [-0.05, 0) is 31.3 Å². The first kappa shape index (κ1) is 12.2. The Kier molecular flexibility index (Phi) is 8.64. The second-order valence-corrected chi connectivity index (χ2v) is 3.37. The molecule has 0 atom stereocenters. The molecule has 0 N–H and O–H groups in total. The highest BCUT2D eigenvalue weighted by molar-refractivity contribution is 5.71. The van der Waals surface area contributed by atoms with Crippen LogP contribution in [-0.2, 0) is 4.79 Å². The van der Waals surface area contributed by atoms with E-state index >= 15 is 0 Å². The van der Waals surface area contributed by atoms with Crippen LogP contribution in [-0.4, -0.2) is 6.29 Å². The number of unbranched alkanes of at least 4 members (excludes halogenated alkanes) is 5. The fourth-order valence-electron chi connectivity index (χ4n) is 1.23. The minimum Gasteiger partial charge on any atom is -0.298 e. The Morgan fingerprint density at radius 1 is 1.08 bits per heavy atom. The van der Waals surface area contributed by atoms with Gasteiger partial charge in [0, 0.05) is 0 Å². The van der Waals surface area contributed by atoms with Gasteiger partial charge in [-0.1, -0.05) is 31.9 Å². The monoisotopic (exact) mass is 180 g/mol. The molecule has 13 heavy (non-hydrogen) atoms. The van der Waals surface area contributed by atoms with Crippen LogP contribution in [0.25, 0.3) is 0 Å². The number of hydrogen-bond donors (Lipinski definition) is 0. The van der Waals surface area contributed by atoms with E-state index in [0.717, 1.165) is 31.1 Å². The predicted octanol–water partition coefficient (Wildman–Crippen LogP) is 3.66. The second kappa shape index (κ2) is 9.24. The molecular weight excluding hydrogens is 160 g/mol. The highest BCUT2D eigenvalue weighted by atomic mass is 16.1. The van der Waals surface area contributed by atoms with Crippen LogP contribution in [0.3, 0.4) is 0 Å². The molecule has 1 heteroatoms. The Balaban J connectivity index is 3.03. The number of rotatable bonds is 9. The molecule has 0 saturated heterocycles. The maximum atomic E-state index is 10.2. The third kappa shape index (κ3) is 9.06. The molecule has 0 aromatic rings. The third-order valence-electron chi connectivity index (χ3n) is 2.07. The third-order valence-corrected chi connectivity index (χ3v) is 2.07. The summed E-state index contributed by atoms with van der Waals surface area (Å²) in [6.07, 6.45) is 10.9. The number of carbonyl (C=O) groups excluding carboxylic acids is 1. The first-order valence-corrected chi connectivity index (χ1v) is 5.05. The van der Waals surface area contributed by atoms with E-state index in [4.69, 9.17) is 0 Å². The normalized spacial score (nSPS) is 9.54. The zero-order valence-electron chi connectivity index (χ0n) is 8.43. The van der Waals surface area contributed by atoms with Gasteiger partial charge < -0.3 is 0 Å². The summed E-state index contributed by atoms with van der Waals surface area (Å²) in [5, 5.41) is 0. The molecule has 0 spiro atoms. The van der Waals surface area contributed by atoms with Crippen LogP contribution in [0.2, 0.25) is 0 Å². The molecule has 0 aliphatic carbocycles. The van der Waals surface area contributed by atoms with Gasteiger partial charge >= 0.3 is 0 Å². The molecule has 1 nitrogen and oxygen atoms in total. The minimum absolute atomic E-state index is 0.728. The smallest absolute Gasteiger partial charge is 0.145 e. The van der Waals surface area contributed by atoms with Crippen molar-refractivity contribution in [3.63, 3.8) is 0 Å². The van der Waals surface area contributed by atoms with E-state index in [9.17, 15) is 4.79 Å². The molecule has 0 rings (SSSR count). The molecule has 0 fully saturated rings. The summed E-state index contributed by atoms with van der Waals surface area (Å²) in [6.45, 7) is 7.32. The van der Waals surface area contributed by atoms with Crippen LogP contribution in [0.5, 0.6) is 0 Å². The molecule has 0 unspecified atom stereocenters. The van der Waals surface area contributed by atoms with Gasteiger partial charge in [0.2, 0.25) is 0 Å². The molecule has 0 bridgehead atoms. The van der Waals surface area contributed by atoms with Crippen molar-refractivity contribution < 1.29 is 4.79 Å². The maximum Gasteiger partial charge on any atom is 0.145 e. The van der Waals surface area contributed by atoms with E-state index in [2.05, 4.69) is 13.2 Å². The minimum atomic E-state index is 0.728. The van der Waals surface area contributed by atoms with Gasteiger partial charge in [-0.15, -0.1) is 6.58 Å². The van der Waals surface area contributed by atoms with Crippen LogP contribution in [0.4, 0.5) is 0 Å². The van der Waals surface area contributed by atoms with Crippen LogP contribution < -0.4 is 0 Å². The topological polar surface area (TPSA) is 17.1 Å². The quantitative estimate of drug-likeness (QED) is 0.229. The van der Waals surface area contributed by atoms with Crippen LogP contribution >= 0.6 is 0 Å². The van der Waals surface area contributed by atoms with Crippen molar-refractivity contribution in [2.24, 2.45) is 0 Å². The molecule has 0 radical (unpaired) electrons. The second-order valence-electron chi connectivity index (χ2n) is 3.37. The summed E-state index contributed by atoms with van der Waals surface area (Å²) in [6, 6.07) is 0. The van der Waals surface area contributed by atoms with Gasteiger partial charge in [-0.3, -0.25) is 4.79 Å². The summed E-state index contributed by atoms with van der Waals surface area (Å²) in [7, 11) is 0. The summed E-state index contributed by atoms with van der Waals surface area (Å²) in [5.41, 5.74) is 0.728. The van der Waals surface area contributed by atoms with E-state index < -0.39 is 0 Å². The Morgan fingerprint density at radius 2 is 1.69 bits per heavy atom. The van der Waals surface area contributed by atoms with Gasteiger partial charge in [0.05, 0.1) is 0 Å². The predicted molar refractivity (Wildman–Crippen MR) is 57.7 cm³/mol. The number of hydrogen-bond acceptors (Lipinski definition) is 1. The van der Waals surface area contributed by atoms with Gasteiger partial charge in [0.1, 0.15) is 6.29 Å². The lowest BCUT2D eigenvalue weighted by molar-refractivity contribution is -0.105. The van der Waals surface area contributed by atoms with Gasteiger partial charge in [-0.2, -0.15) is 0 Å². The van der Waals surface area contributed by atoms with Crippen molar-refractivity contribution in [3.05, 3.63) is 24.8 Å². The molecular formula is C12H20O. The number of aldehydes is 1. The zero-order chi connectivity index (χ0) is 9.94. The SMILES string of the molecule is C=CCCCCCCCC(=C)C=O. The van der Waals surface area contributed by atoms with E-state index in [0.29, 0.717) is 0 Å². The lowest BCUT2D eigenvalue weighted by Gasteiger charge is -1.99. The van der Waals surface area contributed by atoms with Crippen molar-refractivity contribution in [2.45, 2.75) is 44.9 Å².